The molecule has 1 rings (SSSR count). The Bertz CT molecular complexity index is 318. The Labute approximate surface area is 66.8 Å². The van der Waals surface area contributed by atoms with Gasteiger partial charge in [0.25, 0.3) is 0 Å². The summed E-state index contributed by atoms with van der Waals surface area (Å²) in [5, 5.41) is 6.90. The minimum Gasteiger partial charge on any atom is -0.464 e. The molecule has 5 nitrogen and oxygen atoms in total. The Morgan fingerprint density at radius 1 is 2.00 bits per heavy atom. The molecule has 0 spiro atoms. The van der Waals surface area contributed by atoms with Crippen LogP contribution in [0.5, 0.6) is 0 Å². The number of hydrogen-bond donors (Lipinski definition) is 0. The second-order valence-electron chi connectivity index (χ2n) is 1.76. The smallest absolute Gasteiger partial charge is 0.360 e. The summed E-state index contributed by atoms with van der Waals surface area (Å²) < 4.78 is 19.9. The molecule has 1 heterocycles. The van der Waals surface area contributed by atoms with E-state index in [1.807, 2.05) is 0 Å². The van der Waals surface area contributed by atoms with Gasteiger partial charge >= 0.3 is 5.97 Å². The first-order chi connectivity index (χ1) is 5.95. The largest absolute Gasteiger partial charge is 0.464 e. The quantitative estimate of drug-likeness (QED) is 0.570. The molecule has 60 valence electrons. The summed E-state index contributed by atoms with van der Waals surface area (Å²) in [5.41, 5.74) is -0.00627. The van der Waals surface area contributed by atoms with Crippen molar-refractivity contribution in [3.05, 3.63) is 11.9 Å². The first kappa shape index (κ1) is 5.29. The lowest BCUT2D eigenvalue weighted by molar-refractivity contribution is 0.0594. The molecule has 5 heteroatoms. The van der Waals surface area contributed by atoms with E-state index in [0.717, 1.165) is 4.68 Å². The standard InChI is InChI=1S/C6H9N3O2/c1-3-9-4-5(7-8-9)6(10)11-2/h4H,3H2,1-2H3/i3D2. The average molecular weight is 157 g/mol. The Kier molecular flexibility index (Phi) is 1.51. The van der Waals surface area contributed by atoms with Crippen molar-refractivity contribution in [3.63, 3.8) is 0 Å². The lowest BCUT2D eigenvalue weighted by Gasteiger charge is -1.90. The van der Waals surface area contributed by atoms with E-state index >= 15 is 0 Å². The van der Waals surface area contributed by atoms with E-state index in [1.54, 1.807) is 0 Å². The Hall–Kier alpha value is -1.39. The van der Waals surface area contributed by atoms with Gasteiger partial charge in [-0.2, -0.15) is 0 Å². The molecule has 0 saturated carbocycles. The van der Waals surface area contributed by atoms with E-state index in [4.69, 9.17) is 2.74 Å². The molecule has 0 radical (unpaired) electrons. The Morgan fingerprint density at radius 2 is 2.73 bits per heavy atom. The summed E-state index contributed by atoms with van der Waals surface area (Å²) in [4.78, 5) is 10.9. The molecule has 11 heavy (non-hydrogen) atoms. The monoisotopic (exact) mass is 157 g/mol. The first-order valence-electron chi connectivity index (χ1n) is 3.96. The predicted molar refractivity (Wildman–Crippen MR) is 37.0 cm³/mol. The molecule has 0 aliphatic rings. The van der Waals surface area contributed by atoms with E-state index in [1.165, 1.54) is 20.2 Å². The number of hydrogen-bond acceptors (Lipinski definition) is 4. The van der Waals surface area contributed by atoms with E-state index in [9.17, 15) is 4.79 Å². The van der Waals surface area contributed by atoms with Gasteiger partial charge in [-0.1, -0.05) is 5.21 Å². The molecule has 0 unspecified atom stereocenters. The fraction of sp³-hybridized carbons (Fsp3) is 0.500. The highest BCUT2D eigenvalue weighted by Gasteiger charge is 2.08. The van der Waals surface area contributed by atoms with Crippen molar-refractivity contribution in [1.82, 2.24) is 15.0 Å². The van der Waals surface area contributed by atoms with Gasteiger partial charge in [-0.25, -0.2) is 4.79 Å². The second-order valence-corrected chi connectivity index (χ2v) is 1.76. The lowest BCUT2D eigenvalue weighted by Crippen LogP contribution is -2.01. The highest BCUT2D eigenvalue weighted by atomic mass is 16.5. The van der Waals surface area contributed by atoms with Crippen molar-refractivity contribution < 1.29 is 12.3 Å². The summed E-state index contributed by atoms with van der Waals surface area (Å²) in [6.07, 6.45) is 1.20. The van der Waals surface area contributed by atoms with Gasteiger partial charge in [0.05, 0.1) is 16.0 Å². The molecule has 0 bridgehead atoms. The lowest BCUT2D eigenvalue weighted by atomic mass is 10.5. The Morgan fingerprint density at radius 3 is 3.18 bits per heavy atom. The van der Waals surface area contributed by atoms with Crippen molar-refractivity contribution in [3.8, 4) is 0 Å². The third-order valence-electron chi connectivity index (χ3n) is 1.12. The van der Waals surface area contributed by atoms with E-state index in [2.05, 4.69) is 15.0 Å². The topological polar surface area (TPSA) is 57.0 Å². The molecule has 1 aromatic heterocycles. The summed E-state index contributed by atoms with van der Waals surface area (Å²) >= 11 is 0. The van der Waals surface area contributed by atoms with Crippen molar-refractivity contribution >= 4 is 5.97 Å². The van der Waals surface area contributed by atoms with Gasteiger partial charge in [0.1, 0.15) is 0 Å². The number of ether oxygens (including phenoxy) is 1. The van der Waals surface area contributed by atoms with Gasteiger partial charge in [-0.15, -0.1) is 5.10 Å². The number of nitrogens with zero attached hydrogens (tertiary/aromatic N) is 3. The van der Waals surface area contributed by atoms with Crippen molar-refractivity contribution in [1.29, 1.82) is 0 Å². The number of aryl methyl sites for hydroxylation is 1. The van der Waals surface area contributed by atoms with E-state index in [-0.39, 0.29) is 5.69 Å². The predicted octanol–water partition coefficient (Wildman–Crippen LogP) is 0.0846. The minimum atomic E-state index is -1.67. The first-order valence-corrected chi connectivity index (χ1v) is 2.96. The van der Waals surface area contributed by atoms with Gasteiger partial charge in [0, 0.05) is 6.50 Å². The maximum Gasteiger partial charge on any atom is 0.360 e. The summed E-state index contributed by atoms with van der Waals surface area (Å²) in [5.74, 6) is -0.629. The fourth-order valence-electron chi connectivity index (χ4n) is 0.571. The maximum absolute atomic E-state index is 10.9. The van der Waals surface area contributed by atoms with Crippen LogP contribution in [0.25, 0.3) is 0 Å². The van der Waals surface area contributed by atoms with Crippen LogP contribution in [0.4, 0.5) is 0 Å². The summed E-state index contributed by atoms with van der Waals surface area (Å²) in [6, 6.07) is 0. The molecule has 1 aromatic rings. The third-order valence-corrected chi connectivity index (χ3v) is 1.12. The number of carbonyl (C=O) groups is 1. The van der Waals surface area contributed by atoms with Crippen LogP contribution in [0, 0.1) is 0 Å². The second kappa shape index (κ2) is 3.14. The number of aromatic nitrogens is 3. The molecule has 0 N–H and O–H groups in total. The molecule has 0 aliphatic heterocycles. The minimum absolute atomic E-state index is 0.00627. The van der Waals surface area contributed by atoms with Gasteiger partial charge in [0.2, 0.25) is 0 Å². The van der Waals surface area contributed by atoms with Crippen molar-refractivity contribution in [2.75, 3.05) is 7.11 Å². The fourth-order valence-corrected chi connectivity index (χ4v) is 0.571. The molecule has 0 aromatic carbocycles. The zero-order valence-corrected chi connectivity index (χ0v) is 6.24. The molecule has 0 fully saturated rings. The van der Waals surface area contributed by atoms with Gasteiger partial charge in [0.15, 0.2) is 5.69 Å². The van der Waals surface area contributed by atoms with Gasteiger partial charge in [-0.3, -0.25) is 4.68 Å². The SMILES string of the molecule is [2H]C([2H])(C)n1cc(C(=O)OC)nn1. The molecule has 0 atom stereocenters. The Balaban J connectivity index is 2.93. The summed E-state index contributed by atoms with van der Waals surface area (Å²) in [7, 11) is 1.22. The number of methoxy groups -OCH3 is 1. The molecule has 0 saturated heterocycles. The number of rotatable bonds is 2. The van der Waals surface area contributed by atoms with Crippen LogP contribution in [0.1, 0.15) is 20.2 Å². The van der Waals surface area contributed by atoms with Crippen LogP contribution in [0.3, 0.4) is 0 Å². The van der Waals surface area contributed by atoms with E-state index < -0.39 is 12.5 Å². The normalized spacial score (nSPS) is 13.6. The van der Waals surface area contributed by atoms with Crippen LogP contribution < -0.4 is 0 Å². The number of carbonyl (C=O) groups excluding carboxylic acids is 1. The molecule has 0 aliphatic carbocycles. The zero-order valence-electron chi connectivity index (χ0n) is 8.24. The molecular formula is C6H9N3O2. The van der Waals surface area contributed by atoms with Crippen LogP contribution >= 0.6 is 0 Å². The maximum atomic E-state index is 10.9. The van der Waals surface area contributed by atoms with Crippen molar-refractivity contribution in [2.45, 2.75) is 13.4 Å². The third kappa shape index (κ3) is 1.54. The van der Waals surface area contributed by atoms with Crippen LogP contribution in [-0.2, 0) is 11.2 Å². The number of esters is 1. The van der Waals surface area contributed by atoms with Crippen LogP contribution in [0.15, 0.2) is 6.20 Å². The van der Waals surface area contributed by atoms with Crippen LogP contribution in [0.2, 0.25) is 0 Å². The molecule has 0 amide bonds. The highest BCUT2D eigenvalue weighted by Crippen LogP contribution is 1.94. The highest BCUT2D eigenvalue weighted by molar-refractivity contribution is 5.86. The van der Waals surface area contributed by atoms with Crippen LogP contribution in [-0.4, -0.2) is 28.1 Å². The summed E-state index contributed by atoms with van der Waals surface area (Å²) in [6.45, 7) is -0.359. The van der Waals surface area contributed by atoms with Gasteiger partial charge in [-0.05, 0) is 6.92 Å². The average Bonchev–Trinajstić information content (AvgIpc) is 2.50. The van der Waals surface area contributed by atoms with E-state index in [0.29, 0.717) is 0 Å². The zero-order chi connectivity index (χ0) is 10.1. The molecular weight excluding hydrogens is 146 g/mol. The van der Waals surface area contributed by atoms with Crippen molar-refractivity contribution in [2.24, 2.45) is 0 Å². The van der Waals surface area contributed by atoms with Gasteiger partial charge < -0.3 is 4.74 Å².